The predicted molar refractivity (Wildman–Crippen MR) is 111 cm³/mol. The van der Waals surface area contributed by atoms with Crippen molar-refractivity contribution in [3.05, 3.63) is 58.6 Å². The van der Waals surface area contributed by atoms with Gasteiger partial charge in [0.2, 0.25) is 5.91 Å². The highest BCUT2D eigenvalue weighted by Gasteiger charge is 2.16. The molecule has 0 radical (unpaired) electrons. The van der Waals surface area contributed by atoms with Crippen LogP contribution >= 0.6 is 11.6 Å². The molecule has 0 aromatic heterocycles. The van der Waals surface area contributed by atoms with Crippen LogP contribution in [0.15, 0.2) is 42.5 Å². The lowest BCUT2D eigenvalue weighted by atomic mass is 10.1. The first-order chi connectivity index (χ1) is 13.0. The zero-order chi connectivity index (χ0) is 19.2. The Kier molecular flexibility index (Phi) is 6.72. The number of amides is 1. The number of halogens is 1. The van der Waals surface area contributed by atoms with Crippen LogP contribution in [-0.4, -0.2) is 50.7 Å². The van der Waals surface area contributed by atoms with Gasteiger partial charge in [-0.15, -0.1) is 0 Å². The van der Waals surface area contributed by atoms with Crippen molar-refractivity contribution >= 4 is 28.9 Å². The minimum absolute atomic E-state index is 0.0493. The smallest absolute Gasteiger partial charge is 0.238 e. The van der Waals surface area contributed by atoms with Crippen molar-refractivity contribution in [3.8, 4) is 0 Å². The molecule has 1 saturated heterocycles. The first kappa shape index (κ1) is 19.7. The highest BCUT2D eigenvalue weighted by Crippen LogP contribution is 2.23. The van der Waals surface area contributed by atoms with Gasteiger partial charge in [0.25, 0.3) is 0 Å². The number of para-hydroxylation sites is 1. The highest BCUT2D eigenvalue weighted by atomic mass is 35.5. The van der Waals surface area contributed by atoms with Crippen molar-refractivity contribution in [1.82, 2.24) is 4.90 Å². The summed E-state index contributed by atoms with van der Waals surface area (Å²) in [7, 11) is 1.96. The third-order valence-corrected chi connectivity index (χ3v) is 4.91. The molecule has 0 atom stereocenters. The fourth-order valence-corrected chi connectivity index (χ4v) is 3.44. The SMILES string of the molecule is Cc1ccc(Cl)cc1NC(=O)CN(C)Cc1ccccc1N1CCOCC1. The molecular weight excluding hydrogens is 362 g/mol. The molecule has 0 saturated carbocycles. The van der Waals surface area contributed by atoms with Crippen LogP contribution in [-0.2, 0) is 16.1 Å². The van der Waals surface area contributed by atoms with Gasteiger partial charge in [-0.2, -0.15) is 0 Å². The van der Waals surface area contributed by atoms with Crippen molar-refractivity contribution in [1.29, 1.82) is 0 Å². The Balaban J connectivity index is 1.61. The van der Waals surface area contributed by atoms with E-state index >= 15 is 0 Å². The fourth-order valence-electron chi connectivity index (χ4n) is 3.27. The standard InChI is InChI=1S/C21H26ClN3O2/c1-16-7-8-18(22)13-19(16)23-21(26)15-24(2)14-17-5-3-4-6-20(17)25-9-11-27-12-10-25/h3-8,13H,9-12,14-15H2,1-2H3,(H,23,26). The van der Waals surface area contributed by atoms with E-state index in [-0.39, 0.29) is 5.91 Å². The molecule has 0 bridgehead atoms. The van der Waals surface area contributed by atoms with Gasteiger partial charge in [0.1, 0.15) is 0 Å². The number of benzene rings is 2. The average Bonchev–Trinajstić information content (AvgIpc) is 2.65. The van der Waals surface area contributed by atoms with E-state index in [0.717, 1.165) is 37.6 Å². The molecule has 3 rings (SSSR count). The molecule has 144 valence electrons. The number of hydrogen-bond donors (Lipinski definition) is 1. The summed E-state index contributed by atoms with van der Waals surface area (Å²) in [5.41, 5.74) is 4.19. The van der Waals surface area contributed by atoms with E-state index in [1.807, 2.05) is 37.1 Å². The predicted octanol–water partition coefficient (Wildman–Crippen LogP) is 3.56. The molecule has 1 fully saturated rings. The largest absolute Gasteiger partial charge is 0.378 e. The molecule has 1 amide bonds. The monoisotopic (exact) mass is 387 g/mol. The van der Waals surface area contributed by atoms with Crippen molar-refractivity contribution in [2.75, 3.05) is 50.1 Å². The van der Waals surface area contributed by atoms with Crippen LogP contribution in [0, 0.1) is 6.92 Å². The first-order valence-corrected chi connectivity index (χ1v) is 9.56. The lowest BCUT2D eigenvalue weighted by Crippen LogP contribution is -2.37. The van der Waals surface area contributed by atoms with Crippen molar-refractivity contribution in [2.45, 2.75) is 13.5 Å². The number of nitrogens with one attached hydrogen (secondary N) is 1. The maximum absolute atomic E-state index is 12.4. The van der Waals surface area contributed by atoms with E-state index in [0.29, 0.717) is 18.1 Å². The summed E-state index contributed by atoms with van der Waals surface area (Å²) in [5, 5.41) is 3.57. The number of ether oxygens (including phenoxy) is 1. The van der Waals surface area contributed by atoms with Crippen molar-refractivity contribution in [2.24, 2.45) is 0 Å². The van der Waals surface area contributed by atoms with Gasteiger partial charge in [0.15, 0.2) is 0 Å². The van der Waals surface area contributed by atoms with Crippen molar-refractivity contribution in [3.63, 3.8) is 0 Å². The molecule has 2 aromatic rings. The Hall–Kier alpha value is -2.08. The highest BCUT2D eigenvalue weighted by molar-refractivity contribution is 6.31. The van der Waals surface area contributed by atoms with Crippen LogP contribution in [0.1, 0.15) is 11.1 Å². The maximum Gasteiger partial charge on any atom is 0.238 e. The van der Waals surface area contributed by atoms with Gasteiger partial charge in [-0.3, -0.25) is 9.69 Å². The Morgan fingerprint density at radius 2 is 1.96 bits per heavy atom. The number of anilines is 2. The zero-order valence-electron chi connectivity index (χ0n) is 15.9. The van der Waals surface area contributed by atoms with Gasteiger partial charge in [-0.1, -0.05) is 35.9 Å². The molecule has 6 heteroatoms. The zero-order valence-corrected chi connectivity index (χ0v) is 16.6. The number of carbonyl (C=O) groups excluding carboxylic acids is 1. The Labute approximate surface area is 165 Å². The molecule has 0 aliphatic carbocycles. The second-order valence-corrected chi connectivity index (χ2v) is 7.34. The van der Waals surface area contributed by atoms with E-state index in [2.05, 4.69) is 28.4 Å². The van der Waals surface area contributed by atoms with Gasteiger partial charge in [0.05, 0.1) is 19.8 Å². The van der Waals surface area contributed by atoms with Gasteiger partial charge in [-0.05, 0) is 43.3 Å². The molecule has 2 aromatic carbocycles. The van der Waals surface area contributed by atoms with Crippen molar-refractivity contribution < 1.29 is 9.53 Å². The third kappa shape index (κ3) is 5.45. The van der Waals surface area contributed by atoms with E-state index in [9.17, 15) is 4.79 Å². The molecular formula is C21H26ClN3O2. The van der Waals surface area contributed by atoms with Gasteiger partial charge >= 0.3 is 0 Å². The van der Waals surface area contributed by atoms with Crippen LogP contribution in [0.3, 0.4) is 0 Å². The van der Waals surface area contributed by atoms with E-state index in [1.165, 1.54) is 11.3 Å². The van der Waals surface area contributed by atoms with Gasteiger partial charge in [-0.25, -0.2) is 0 Å². The Bertz CT molecular complexity index is 791. The topological polar surface area (TPSA) is 44.8 Å². The summed E-state index contributed by atoms with van der Waals surface area (Å²) in [4.78, 5) is 16.8. The molecule has 27 heavy (non-hydrogen) atoms. The summed E-state index contributed by atoms with van der Waals surface area (Å²) in [5.74, 6) is -0.0493. The van der Waals surface area contributed by atoms with Crippen LogP contribution in [0.4, 0.5) is 11.4 Å². The second-order valence-electron chi connectivity index (χ2n) is 6.91. The molecule has 0 unspecified atom stereocenters. The van der Waals surface area contributed by atoms with E-state index in [1.54, 1.807) is 6.07 Å². The number of aryl methyl sites for hydroxylation is 1. The molecule has 1 heterocycles. The van der Waals surface area contributed by atoms with Crippen LogP contribution in [0.2, 0.25) is 5.02 Å². The van der Waals surface area contributed by atoms with Crippen LogP contribution < -0.4 is 10.2 Å². The molecule has 5 nitrogen and oxygen atoms in total. The number of nitrogens with zero attached hydrogens (tertiary/aromatic N) is 2. The summed E-state index contributed by atoms with van der Waals surface area (Å²) in [6.45, 7) is 6.27. The summed E-state index contributed by atoms with van der Waals surface area (Å²) >= 11 is 6.03. The maximum atomic E-state index is 12.4. The quantitative estimate of drug-likeness (QED) is 0.823. The minimum atomic E-state index is -0.0493. The lowest BCUT2D eigenvalue weighted by Gasteiger charge is -2.31. The number of morpholine rings is 1. The normalized spacial score (nSPS) is 14.4. The molecule has 1 aliphatic rings. The summed E-state index contributed by atoms with van der Waals surface area (Å²) < 4.78 is 5.45. The molecule has 1 aliphatic heterocycles. The summed E-state index contributed by atoms with van der Waals surface area (Å²) in [6, 6.07) is 13.9. The number of carbonyl (C=O) groups is 1. The van der Waals surface area contributed by atoms with Gasteiger partial charge in [0, 0.05) is 36.0 Å². The van der Waals surface area contributed by atoms with Crippen LogP contribution in [0.25, 0.3) is 0 Å². The summed E-state index contributed by atoms with van der Waals surface area (Å²) in [6.07, 6.45) is 0. The van der Waals surface area contributed by atoms with E-state index < -0.39 is 0 Å². The molecule has 1 N–H and O–H groups in total. The van der Waals surface area contributed by atoms with E-state index in [4.69, 9.17) is 16.3 Å². The third-order valence-electron chi connectivity index (χ3n) is 4.67. The fraction of sp³-hybridized carbons (Fsp3) is 0.381. The molecule has 0 spiro atoms. The minimum Gasteiger partial charge on any atom is -0.378 e. The van der Waals surface area contributed by atoms with Gasteiger partial charge < -0.3 is 15.0 Å². The number of rotatable bonds is 6. The van der Waals surface area contributed by atoms with Crippen LogP contribution in [0.5, 0.6) is 0 Å². The first-order valence-electron chi connectivity index (χ1n) is 9.18. The number of likely N-dealkylation sites (N-methyl/N-ethyl adjacent to an activating group) is 1. The Morgan fingerprint density at radius 3 is 2.74 bits per heavy atom. The lowest BCUT2D eigenvalue weighted by molar-refractivity contribution is -0.117. The number of hydrogen-bond acceptors (Lipinski definition) is 4. The Morgan fingerprint density at radius 1 is 1.22 bits per heavy atom. The average molecular weight is 388 g/mol. The second kappa shape index (κ2) is 9.22.